The summed E-state index contributed by atoms with van der Waals surface area (Å²) in [7, 11) is 1.68. The van der Waals surface area contributed by atoms with Gasteiger partial charge in [-0.3, -0.25) is 4.90 Å². The molecule has 0 radical (unpaired) electrons. The van der Waals surface area contributed by atoms with Gasteiger partial charge in [-0.15, -0.1) is 0 Å². The van der Waals surface area contributed by atoms with Crippen molar-refractivity contribution in [2.75, 3.05) is 26.8 Å². The fourth-order valence-electron chi connectivity index (χ4n) is 2.28. The van der Waals surface area contributed by atoms with Gasteiger partial charge < -0.3 is 10.5 Å². The Morgan fingerprint density at radius 1 is 1.19 bits per heavy atom. The second-order valence-corrected chi connectivity index (χ2v) is 5.38. The molecule has 0 heterocycles. The summed E-state index contributed by atoms with van der Waals surface area (Å²) in [6.45, 7) is 6.55. The first-order valence-corrected chi connectivity index (χ1v) is 7.42. The minimum Gasteiger partial charge on any atom is -0.383 e. The molecular weight excluding hydrogens is 274 g/mol. The molecule has 0 spiro atoms. The lowest BCUT2D eigenvalue weighted by atomic mass is 10.0. The largest absolute Gasteiger partial charge is 0.383 e. The number of hydrogen-bond donors (Lipinski definition) is 1. The summed E-state index contributed by atoms with van der Waals surface area (Å²) in [6, 6.07) is 3.52. The molecular formula is C16H26F2N2O. The average molecular weight is 300 g/mol. The molecule has 0 amide bonds. The Balaban J connectivity index is 2.61. The predicted octanol–water partition coefficient (Wildman–Crippen LogP) is 3.10. The Labute approximate surface area is 126 Å². The van der Waals surface area contributed by atoms with Crippen molar-refractivity contribution in [3.63, 3.8) is 0 Å². The predicted molar refractivity (Wildman–Crippen MR) is 81.1 cm³/mol. The second-order valence-electron chi connectivity index (χ2n) is 5.38. The summed E-state index contributed by atoms with van der Waals surface area (Å²) in [5, 5.41) is 0. The fourth-order valence-corrected chi connectivity index (χ4v) is 2.28. The van der Waals surface area contributed by atoms with Crippen molar-refractivity contribution < 1.29 is 13.5 Å². The number of nitrogens with two attached hydrogens (primary N) is 1. The van der Waals surface area contributed by atoms with Crippen LogP contribution >= 0.6 is 0 Å². The SMILES string of the molecule is CCC(C)N(CCOC)CCC(N)c1cc(F)cc(F)c1. The highest BCUT2D eigenvalue weighted by Gasteiger charge is 2.15. The van der Waals surface area contributed by atoms with Gasteiger partial charge >= 0.3 is 0 Å². The molecule has 0 saturated heterocycles. The Bertz CT molecular complexity index is 408. The molecule has 0 aliphatic rings. The molecule has 21 heavy (non-hydrogen) atoms. The van der Waals surface area contributed by atoms with Gasteiger partial charge in [0.1, 0.15) is 11.6 Å². The zero-order valence-electron chi connectivity index (χ0n) is 13.1. The number of benzene rings is 1. The van der Waals surface area contributed by atoms with Crippen LogP contribution in [-0.2, 0) is 4.74 Å². The molecule has 0 aliphatic carbocycles. The number of methoxy groups -OCH3 is 1. The first kappa shape index (κ1) is 18.0. The summed E-state index contributed by atoms with van der Waals surface area (Å²) >= 11 is 0. The van der Waals surface area contributed by atoms with E-state index in [-0.39, 0.29) is 6.04 Å². The molecule has 2 atom stereocenters. The molecule has 0 saturated carbocycles. The molecule has 1 aromatic rings. The van der Waals surface area contributed by atoms with E-state index in [0.29, 0.717) is 24.6 Å². The van der Waals surface area contributed by atoms with E-state index < -0.39 is 11.6 Å². The average Bonchev–Trinajstić information content (AvgIpc) is 2.45. The van der Waals surface area contributed by atoms with Gasteiger partial charge in [0, 0.05) is 38.3 Å². The van der Waals surface area contributed by atoms with Crippen molar-refractivity contribution in [3.8, 4) is 0 Å². The Morgan fingerprint density at radius 2 is 1.81 bits per heavy atom. The van der Waals surface area contributed by atoms with Crippen LogP contribution in [0, 0.1) is 11.6 Å². The maximum Gasteiger partial charge on any atom is 0.126 e. The molecule has 2 N–H and O–H groups in total. The summed E-state index contributed by atoms with van der Waals surface area (Å²) < 4.78 is 31.5. The highest BCUT2D eigenvalue weighted by molar-refractivity contribution is 5.21. The maximum absolute atomic E-state index is 13.2. The highest BCUT2D eigenvalue weighted by atomic mass is 19.1. The van der Waals surface area contributed by atoms with Crippen molar-refractivity contribution in [1.82, 2.24) is 4.90 Å². The summed E-state index contributed by atoms with van der Waals surface area (Å²) in [5.74, 6) is -1.17. The van der Waals surface area contributed by atoms with Crippen LogP contribution in [0.4, 0.5) is 8.78 Å². The zero-order chi connectivity index (χ0) is 15.8. The van der Waals surface area contributed by atoms with Crippen molar-refractivity contribution in [2.24, 2.45) is 5.73 Å². The molecule has 0 fully saturated rings. The highest BCUT2D eigenvalue weighted by Crippen LogP contribution is 2.18. The lowest BCUT2D eigenvalue weighted by Gasteiger charge is -2.29. The Kier molecular flexibility index (Phi) is 7.78. The second kappa shape index (κ2) is 9.07. The smallest absolute Gasteiger partial charge is 0.126 e. The quantitative estimate of drug-likeness (QED) is 0.761. The van der Waals surface area contributed by atoms with Crippen LogP contribution in [0.1, 0.15) is 38.3 Å². The van der Waals surface area contributed by atoms with Gasteiger partial charge in [0.05, 0.1) is 6.61 Å². The van der Waals surface area contributed by atoms with Gasteiger partial charge in [-0.05, 0) is 37.5 Å². The molecule has 0 aliphatic heterocycles. The molecule has 1 aromatic carbocycles. The minimum absolute atomic E-state index is 0.371. The van der Waals surface area contributed by atoms with Crippen LogP contribution in [0.5, 0.6) is 0 Å². The van der Waals surface area contributed by atoms with E-state index in [9.17, 15) is 8.78 Å². The van der Waals surface area contributed by atoms with Crippen molar-refractivity contribution >= 4 is 0 Å². The third-order valence-electron chi connectivity index (χ3n) is 3.84. The molecule has 2 unspecified atom stereocenters. The zero-order valence-corrected chi connectivity index (χ0v) is 13.1. The van der Waals surface area contributed by atoms with Crippen molar-refractivity contribution in [3.05, 3.63) is 35.4 Å². The fraction of sp³-hybridized carbons (Fsp3) is 0.625. The van der Waals surface area contributed by atoms with Gasteiger partial charge in [0.25, 0.3) is 0 Å². The molecule has 3 nitrogen and oxygen atoms in total. The van der Waals surface area contributed by atoms with Crippen LogP contribution in [0.15, 0.2) is 18.2 Å². The van der Waals surface area contributed by atoms with Crippen molar-refractivity contribution in [1.29, 1.82) is 0 Å². The third kappa shape index (κ3) is 6.08. The molecule has 1 rings (SSSR count). The number of nitrogens with zero attached hydrogens (tertiary/aromatic N) is 1. The van der Waals surface area contributed by atoms with Gasteiger partial charge in [-0.1, -0.05) is 6.92 Å². The molecule has 0 bridgehead atoms. The molecule has 0 aromatic heterocycles. The van der Waals surface area contributed by atoms with Gasteiger partial charge in [0.2, 0.25) is 0 Å². The Morgan fingerprint density at radius 3 is 2.33 bits per heavy atom. The first-order valence-electron chi connectivity index (χ1n) is 7.42. The monoisotopic (exact) mass is 300 g/mol. The van der Waals surface area contributed by atoms with Crippen LogP contribution < -0.4 is 5.73 Å². The first-order chi connectivity index (χ1) is 9.97. The van der Waals surface area contributed by atoms with E-state index in [1.165, 1.54) is 12.1 Å². The summed E-state index contributed by atoms with van der Waals surface area (Å²) in [4.78, 5) is 2.29. The van der Waals surface area contributed by atoms with Gasteiger partial charge in [-0.25, -0.2) is 8.78 Å². The standard InChI is InChI=1S/C16H26F2N2O/c1-4-12(2)20(7-8-21-3)6-5-16(19)13-9-14(17)11-15(18)10-13/h9-12,16H,4-8,19H2,1-3H3. The lowest BCUT2D eigenvalue weighted by Crippen LogP contribution is -2.37. The lowest BCUT2D eigenvalue weighted by molar-refractivity contribution is 0.120. The Hall–Kier alpha value is -1.04. The van der Waals surface area contributed by atoms with Gasteiger partial charge in [-0.2, -0.15) is 0 Å². The van der Waals surface area contributed by atoms with Crippen LogP contribution in [0.25, 0.3) is 0 Å². The maximum atomic E-state index is 13.2. The van der Waals surface area contributed by atoms with Gasteiger partial charge in [0.15, 0.2) is 0 Å². The van der Waals surface area contributed by atoms with E-state index in [2.05, 4.69) is 18.7 Å². The van der Waals surface area contributed by atoms with E-state index in [4.69, 9.17) is 10.5 Å². The minimum atomic E-state index is -0.585. The molecule has 120 valence electrons. The van der Waals surface area contributed by atoms with Crippen LogP contribution in [0.3, 0.4) is 0 Å². The number of hydrogen-bond acceptors (Lipinski definition) is 3. The molecule has 5 heteroatoms. The normalized spacial score (nSPS) is 14.4. The summed E-state index contributed by atoms with van der Waals surface area (Å²) in [6.07, 6.45) is 1.69. The number of halogens is 2. The van der Waals surface area contributed by atoms with E-state index in [1.807, 2.05) is 0 Å². The van der Waals surface area contributed by atoms with Crippen LogP contribution in [-0.4, -0.2) is 37.7 Å². The summed E-state index contributed by atoms with van der Waals surface area (Å²) in [5.41, 5.74) is 6.56. The number of ether oxygens (including phenoxy) is 1. The third-order valence-corrected chi connectivity index (χ3v) is 3.84. The number of rotatable bonds is 9. The van der Waals surface area contributed by atoms with E-state index in [1.54, 1.807) is 7.11 Å². The van der Waals surface area contributed by atoms with Crippen LogP contribution in [0.2, 0.25) is 0 Å². The van der Waals surface area contributed by atoms with E-state index >= 15 is 0 Å². The topological polar surface area (TPSA) is 38.5 Å². The van der Waals surface area contributed by atoms with Crippen molar-refractivity contribution in [2.45, 2.75) is 38.8 Å². The van der Waals surface area contributed by atoms with E-state index in [0.717, 1.165) is 25.6 Å².